The molecule has 0 unspecified atom stereocenters. The van der Waals surface area contributed by atoms with E-state index in [1.54, 1.807) is 43.9 Å². The van der Waals surface area contributed by atoms with Crippen LogP contribution >= 0.6 is 0 Å². The Morgan fingerprint density at radius 3 is 2.59 bits per heavy atom. The van der Waals surface area contributed by atoms with Crippen molar-refractivity contribution in [3.63, 3.8) is 0 Å². The summed E-state index contributed by atoms with van der Waals surface area (Å²) in [6.45, 7) is 0.346. The molecule has 0 spiro atoms. The molecule has 2 N–H and O–H groups in total. The van der Waals surface area contributed by atoms with Gasteiger partial charge in [0.25, 0.3) is 0 Å². The molecule has 0 atom stereocenters. The van der Waals surface area contributed by atoms with E-state index in [0.29, 0.717) is 23.7 Å². The maximum absolute atomic E-state index is 12.2. The molecule has 3 aromatic rings. The summed E-state index contributed by atoms with van der Waals surface area (Å²) in [5, 5.41) is 5.56. The molecule has 2 aromatic heterocycles. The number of aromatic nitrogens is 2. The normalized spacial score (nSPS) is 10.1. The summed E-state index contributed by atoms with van der Waals surface area (Å²) in [5.41, 5.74) is 3.19. The maximum atomic E-state index is 12.2. The highest BCUT2D eigenvalue weighted by Crippen LogP contribution is 2.34. The highest BCUT2D eigenvalue weighted by Gasteiger charge is 2.12. The molecule has 0 aliphatic carbocycles. The van der Waals surface area contributed by atoms with Gasteiger partial charge in [-0.05, 0) is 35.9 Å². The lowest BCUT2D eigenvalue weighted by atomic mass is 10.1. The Morgan fingerprint density at radius 2 is 1.93 bits per heavy atom. The van der Waals surface area contributed by atoms with Crippen molar-refractivity contribution in [2.45, 2.75) is 6.54 Å². The van der Waals surface area contributed by atoms with E-state index < -0.39 is 0 Å². The molecule has 0 bridgehead atoms. The number of para-hydroxylation sites is 1. The van der Waals surface area contributed by atoms with Gasteiger partial charge in [0.1, 0.15) is 0 Å². The van der Waals surface area contributed by atoms with Gasteiger partial charge < -0.3 is 20.1 Å². The summed E-state index contributed by atoms with van der Waals surface area (Å²) in [5.74, 6) is 1.02. The van der Waals surface area contributed by atoms with Crippen LogP contribution in [0.15, 0.2) is 61.1 Å². The van der Waals surface area contributed by atoms with Crippen molar-refractivity contribution in [2.24, 2.45) is 0 Å². The van der Waals surface area contributed by atoms with Crippen LogP contribution in [0.25, 0.3) is 11.3 Å². The minimum Gasteiger partial charge on any atom is -0.493 e. The smallest absolute Gasteiger partial charge is 0.319 e. The molecule has 27 heavy (non-hydrogen) atoms. The van der Waals surface area contributed by atoms with Gasteiger partial charge in [0.2, 0.25) is 0 Å². The van der Waals surface area contributed by atoms with E-state index in [1.807, 2.05) is 24.3 Å². The van der Waals surface area contributed by atoms with Crippen LogP contribution in [0, 0.1) is 0 Å². The molecule has 0 radical (unpaired) electrons. The van der Waals surface area contributed by atoms with Crippen molar-refractivity contribution in [1.29, 1.82) is 0 Å². The van der Waals surface area contributed by atoms with Gasteiger partial charge in [0.15, 0.2) is 11.5 Å². The Hall–Kier alpha value is -3.61. The van der Waals surface area contributed by atoms with Crippen molar-refractivity contribution in [3.05, 3.63) is 66.6 Å². The van der Waals surface area contributed by atoms with Crippen LogP contribution in [-0.4, -0.2) is 30.2 Å². The lowest BCUT2D eigenvalue weighted by molar-refractivity contribution is 0.251. The van der Waals surface area contributed by atoms with E-state index in [0.717, 1.165) is 16.8 Å². The van der Waals surface area contributed by atoms with Gasteiger partial charge in [-0.3, -0.25) is 9.97 Å². The minimum atomic E-state index is -0.349. The monoisotopic (exact) mass is 364 g/mol. The number of anilines is 1. The first-order chi connectivity index (χ1) is 13.2. The number of benzene rings is 1. The van der Waals surface area contributed by atoms with E-state index in [2.05, 4.69) is 20.6 Å². The first-order valence-electron chi connectivity index (χ1n) is 8.32. The molecular formula is C20H20N4O3. The van der Waals surface area contributed by atoms with Crippen LogP contribution in [0.3, 0.4) is 0 Å². The first-order valence-corrected chi connectivity index (χ1v) is 8.32. The Kier molecular flexibility index (Phi) is 5.84. The molecular weight excluding hydrogens is 344 g/mol. The van der Waals surface area contributed by atoms with Gasteiger partial charge in [-0.15, -0.1) is 0 Å². The second-order valence-corrected chi connectivity index (χ2v) is 5.64. The highest BCUT2D eigenvalue weighted by atomic mass is 16.5. The largest absolute Gasteiger partial charge is 0.493 e. The number of nitrogens with one attached hydrogen (secondary N) is 2. The third-order valence-electron chi connectivity index (χ3n) is 3.89. The lowest BCUT2D eigenvalue weighted by Gasteiger charge is -2.14. The number of carbonyl (C=O) groups is 1. The zero-order chi connectivity index (χ0) is 19.1. The molecule has 0 saturated carbocycles. The average Bonchev–Trinajstić information content (AvgIpc) is 2.73. The van der Waals surface area contributed by atoms with Gasteiger partial charge >= 0.3 is 6.03 Å². The molecule has 2 amide bonds. The fourth-order valence-corrected chi connectivity index (χ4v) is 2.55. The van der Waals surface area contributed by atoms with E-state index in [4.69, 9.17) is 9.47 Å². The fraction of sp³-hybridized carbons (Fsp3) is 0.150. The Labute approximate surface area is 157 Å². The van der Waals surface area contributed by atoms with Crippen LogP contribution in [0.2, 0.25) is 0 Å². The lowest BCUT2D eigenvalue weighted by Crippen LogP contribution is -2.28. The predicted octanol–water partition coefficient (Wildman–Crippen LogP) is 3.48. The predicted molar refractivity (Wildman–Crippen MR) is 103 cm³/mol. The molecule has 0 fully saturated rings. The Morgan fingerprint density at radius 1 is 1.04 bits per heavy atom. The van der Waals surface area contributed by atoms with E-state index >= 15 is 0 Å². The van der Waals surface area contributed by atoms with E-state index in [-0.39, 0.29) is 6.03 Å². The Bertz CT molecular complexity index is 899. The summed E-state index contributed by atoms with van der Waals surface area (Å²) in [6, 6.07) is 12.6. The molecule has 3 rings (SSSR count). The second kappa shape index (κ2) is 8.66. The van der Waals surface area contributed by atoms with Crippen molar-refractivity contribution in [3.8, 4) is 22.8 Å². The van der Waals surface area contributed by atoms with Crippen molar-refractivity contribution >= 4 is 11.7 Å². The molecule has 138 valence electrons. The van der Waals surface area contributed by atoms with Gasteiger partial charge in [0, 0.05) is 30.7 Å². The number of pyridine rings is 2. The number of amides is 2. The van der Waals surface area contributed by atoms with Crippen LogP contribution in [-0.2, 0) is 6.54 Å². The number of hydrogen-bond donors (Lipinski definition) is 2. The van der Waals surface area contributed by atoms with Crippen LogP contribution in [0.5, 0.6) is 11.5 Å². The van der Waals surface area contributed by atoms with Crippen molar-refractivity contribution in [2.75, 3.05) is 19.5 Å². The van der Waals surface area contributed by atoms with Gasteiger partial charge in [-0.25, -0.2) is 4.79 Å². The van der Waals surface area contributed by atoms with Crippen molar-refractivity contribution < 1.29 is 14.3 Å². The second-order valence-electron chi connectivity index (χ2n) is 5.64. The number of rotatable bonds is 6. The SMILES string of the molecule is COc1cccc(NC(=O)NCc2ccc(-c3cccnc3)nc2)c1OC. The zero-order valence-electron chi connectivity index (χ0n) is 15.1. The zero-order valence-corrected chi connectivity index (χ0v) is 15.1. The third-order valence-corrected chi connectivity index (χ3v) is 3.89. The highest BCUT2D eigenvalue weighted by molar-refractivity contribution is 5.91. The molecule has 1 aromatic carbocycles. The molecule has 0 saturated heterocycles. The number of urea groups is 1. The van der Waals surface area contributed by atoms with Crippen LogP contribution < -0.4 is 20.1 Å². The number of ether oxygens (including phenoxy) is 2. The first kappa shape index (κ1) is 18.2. The molecule has 0 aliphatic heterocycles. The Balaban J connectivity index is 1.60. The standard InChI is InChI=1S/C20H20N4O3/c1-26-18-7-3-6-17(19(18)27-2)24-20(25)23-12-14-8-9-16(22-11-14)15-5-4-10-21-13-15/h3-11,13H,12H2,1-2H3,(H2,23,24,25). The fourth-order valence-electron chi connectivity index (χ4n) is 2.55. The maximum Gasteiger partial charge on any atom is 0.319 e. The van der Waals surface area contributed by atoms with E-state index in [9.17, 15) is 4.79 Å². The summed E-state index contributed by atoms with van der Waals surface area (Å²) in [4.78, 5) is 20.7. The molecule has 7 heteroatoms. The van der Waals surface area contributed by atoms with Gasteiger partial charge in [0.05, 0.1) is 25.6 Å². The topological polar surface area (TPSA) is 85.4 Å². The molecule has 2 heterocycles. The van der Waals surface area contributed by atoms with Gasteiger partial charge in [-0.2, -0.15) is 0 Å². The number of methoxy groups -OCH3 is 2. The van der Waals surface area contributed by atoms with Crippen LogP contribution in [0.1, 0.15) is 5.56 Å². The quantitative estimate of drug-likeness (QED) is 0.699. The van der Waals surface area contributed by atoms with Gasteiger partial charge in [-0.1, -0.05) is 12.1 Å². The number of nitrogens with zero attached hydrogens (tertiary/aromatic N) is 2. The number of carbonyl (C=O) groups excluding carboxylic acids is 1. The summed E-state index contributed by atoms with van der Waals surface area (Å²) >= 11 is 0. The van der Waals surface area contributed by atoms with Crippen molar-refractivity contribution in [1.82, 2.24) is 15.3 Å². The average molecular weight is 364 g/mol. The summed E-state index contributed by atoms with van der Waals surface area (Å²) < 4.78 is 10.5. The molecule has 7 nitrogen and oxygen atoms in total. The number of hydrogen-bond acceptors (Lipinski definition) is 5. The summed E-state index contributed by atoms with van der Waals surface area (Å²) in [6.07, 6.45) is 5.21. The summed E-state index contributed by atoms with van der Waals surface area (Å²) in [7, 11) is 3.07. The third kappa shape index (κ3) is 4.52. The van der Waals surface area contributed by atoms with E-state index in [1.165, 1.54) is 7.11 Å². The minimum absolute atomic E-state index is 0.346. The van der Waals surface area contributed by atoms with Crippen LogP contribution in [0.4, 0.5) is 10.5 Å². The molecule has 0 aliphatic rings.